The predicted octanol–water partition coefficient (Wildman–Crippen LogP) is 7.77. The van der Waals surface area contributed by atoms with E-state index in [9.17, 15) is 4.39 Å². The normalized spacial score (nSPS) is 16.0. The number of hydrogen-bond donors (Lipinski definition) is 0. The van der Waals surface area contributed by atoms with Crippen LogP contribution in [-0.2, 0) is 0 Å². The molecule has 1 aliphatic rings. The first-order valence-corrected chi connectivity index (χ1v) is 11.9. The van der Waals surface area contributed by atoms with Gasteiger partial charge in [-0.2, -0.15) is 5.10 Å². The standard InChI is InChI=1S/C20H13BrFN3S3.BrH/c21-19-8-7-18(28-19)15-11-27-20(23-15)25-16(12-3-5-13(22)6-4-12)10-14(24-25)17-2-1-9-26-17;/h1-9,11,16H,10H2;1H. The quantitative estimate of drug-likeness (QED) is 0.251. The van der Waals surface area contributed by atoms with Crippen molar-refractivity contribution in [1.82, 2.24) is 4.98 Å². The predicted molar refractivity (Wildman–Crippen MR) is 131 cm³/mol. The fourth-order valence-electron chi connectivity index (χ4n) is 3.16. The molecule has 4 heterocycles. The monoisotopic (exact) mass is 569 g/mol. The fraction of sp³-hybridized carbons (Fsp3) is 0.100. The lowest BCUT2D eigenvalue weighted by Gasteiger charge is -2.21. The third-order valence-corrected chi connectivity index (χ3v) is 7.88. The topological polar surface area (TPSA) is 28.5 Å². The van der Waals surface area contributed by atoms with E-state index in [1.165, 1.54) is 12.1 Å². The molecule has 0 bridgehead atoms. The second kappa shape index (κ2) is 8.77. The summed E-state index contributed by atoms with van der Waals surface area (Å²) in [6, 6.07) is 14.9. The van der Waals surface area contributed by atoms with E-state index in [1.54, 1.807) is 34.0 Å². The minimum absolute atomic E-state index is 0. The number of hydrazone groups is 1. The minimum atomic E-state index is -0.229. The largest absolute Gasteiger partial charge is 0.231 e. The lowest BCUT2D eigenvalue weighted by Crippen LogP contribution is -2.18. The van der Waals surface area contributed by atoms with Gasteiger partial charge in [0.25, 0.3) is 0 Å². The molecule has 0 fully saturated rings. The van der Waals surface area contributed by atoms with E-state index in [4.69, 9.17) is 10.1 Å². The Labute approximate surface area is 198 Å². The van der Waals surface area contributed by atoms with E-state index >= 15 is 0 Å². The Hall–Kier alpha value is -1.39. The van der Waals surface area contributed by atoms with Crippen molar-refractivity contribution in [2.75, 3.05) is 5.01 Å². The number of thiazole rings is 1. The second-order valence-corrected chi connectivity index (χ2v) is 10.5. The third-order valence-electron chi connectivity index (χ3n) is 4.48. The van der Waals surface area contributed by atoms with Crippen molar-refractivity contribution in [2.24, 2.45) is 5.10 Å². The van der Waals surface area contributed by atoms with Crippen molar-refractivity contribution in [1.29, 1.82) is 0 Å². The Morgan fingerprint density at radius 3 is 2.55 bits per heavy atom. The number of rotatable bonds is 4. The maximum atomic E-state index is 13.4. The molecule has 0 saturated carbocycles. The lowest BCUT2D eigenvalue weighted by molar-refractivity contribution is 0.624. The highest BCUT2D eigenvalue weighted by molar-refractivity contribution is 9.11. The summed E-state index contributed by atoms with van der Waals surface area (Å²) >= 11 is 8.44. The van der Waals surface area contributed by atoms with Gasteiger partial charge < -0.3 is 0 Å². The van der Waals surface area contributed by atoms with Gasteiger partial charge in [-0.1, -0.05) is 18.2 Å². The Balaban J connectivity index is 0.00000205. The van der Waals surface area contributed by atoms with Gasteiger partial charge in [-0.3, -0.25) is 0 Å². The van der Waals surface area contributed by atoms with E-state index in [0.717, 1.165) is 42.1 Å². The molecular formula is C20H14Br2FN3S3. The van der Waals surface area contributed by atoms with Crippen molar-refractivity contribution in [3.8, 4) is 10.6 Å². The Bertz CT molecular complexity index is 1140. The summed E-state index contributed by atoms with van der Waals surface area (Å²) in [5.41, 5.74) is 3.03. The first-order chi connectivity index (χ1) is 13.7. The van der Waals surface area contributed by atoms with Crippen LogP contribution in [0.2, 0.25) is 0 Å². The van der Waals surface area contributed by atoms with Gasteiger partial charge in [0.05, 0.1) is 31.0 Å². The molecule has 0 amide bonds. The van der Waals surface area contributed by atoms with Crippen molar-refractivity contribution >= 4 is 77.8 Å². The molecule has 0 aliphatic carbocycles. The van der Waals surface area contributed by atoms with Crippen LogP contribution < -0.4 is 5.01 Å². The summed E-state index contributed by atoms with van der Waals surface area (Å²) < 4.78 is 14.5. The van der Waals surface area contributed by atoms with Gasteiger partial charge in [0.2, 0.25) is 5.13 Å². The van der Waals surface area contributed by atoms with Gasteiger partial charge in [-0.05, 0) is 57.2 Å². The van der Waals surface area contributed by atoms with Crippen LogP contribution in [0.15, 0.2) is 68.2 Å². The molecule has 1 aromatic carbocycles. The molecule has 0 spiro atoms. The highest BCUT2D eigenvalue weighted by Gasteiger charge is 2.32. The van der Waals surface area contributed by atoms with Crippen LogP contribution >= 0.6 is 66.9 Å². The molecule has 5 rings (SSSR count). The maximum Gasteiger partial charge on any atom is 0.207 e. The van der Waals surface area contributed by atoms with Crippen LogP contribution in [0.4, 0.5) is 9.52 Å². The fourth-order valence-corrected chi connectivity index (χ4v) is 6.12. The van der Waals surface area contributed by atoms with Gasteiger partial charge in [-0.15, -0.1) is 51.0 Å². The van der Waals surface area contributed by atoms with Crippen molar-refractivity contribution < 1.29 is 4.39 Å². The summed E-state index contributed by atoms with van der Waals surface area (Å²) in [5.74, 6) is -0.229. The number of thiophene rings is 2. The average Bonchev–Trinajstić information content (AvgIpc) is 3.47. The van der Waals surface area contributed by atoms with Crippen molar-refractivity contribution in [3.05, 3.63) is 79.3 Å². The molecule has 148 valence electrons. The molecule has 4 aromatic rings. The van der Waals surface area contributed by atoms with Crippen LogP contribution in [0.3, 0.4) is 0 Å². The Morgan fingerprint density at radius 2 is 1.86 bits per heavy atom. The Kier molecular flexibility index (Phi) is 6.31. The molecule has 9 heteroatoms. The molecule has 1 aliphatic heterocycles. The highest BCUT2D eigenvalue weighted by Crippen LogP contribution is 2.41. The van der Waals surface area contributed by atoms with E-state index in [0.29, 0.717) is 0 Å². The zero-order valence-corrected chi connectivity index (χ0v) is 20.5. The molecule has 0 saturated heterocycles. The number of anilines is 1. The molecule has 0 N–H and O–H groups in total. The number of benzene rings is 1. The van der Waals surface area contributed by atoms with Gasteiger partial charge in [0, 0.05) is 11.8 Å². The van der Waals surface area contributed by atoms with Crippen molar-refractivity contribution in [3.63, 3.8) is 0 Å². The summed E-state index contributed by atoms with van der Waals surface area (Å²) in [4.78, 5) is 7.12. The second-order valence-electron chi connectivity index (χ2n) is 6.26. The average molecular weight is 571 g/mol. The van der Waals surface area contributed by atoms with Crippen LogP contribution in [0.25, 0.3) is 10.6 Å². The maximum absolute atomic E-state index is 13.4. The van der Waals surface area contributed by atoms with Crippen LogP contribution in [-0.4, -0.2) is 10.7 Å². The zero-order valence-electron chi connectivity index (χ0n) is 14.8. The van der Waals surface area contributed by atoms with E-state index in [2.05, 4.69) is 38.8 Å². The summed E-state index contributed by atoms with van der Waals surface area (Å²) in [5, 5.41) is 11.9. The summed E-state index contributed by atoms with van der Waals surface area (Å²) in [6.07, 6.45) is 0.769. The number of halogens is 3. The Morgan fingerprint density at radius 1 is 1.03 bits per heavy atom. The van der Waals surface area contributed by atoms with Gasteiger partial charge in [0.15, 0.2) is 0 Å². The smallest absolute Gasteiger partial charge is 0.207 e. The highest BCUT2D eigenvalue weighted by atomic mass is 79.9. The van der Waals surface area contributed by atoms with Gasteiger partial charge >= 0.3 is 0 Å². The molecule has 3 nitrogen and oxygen atoms in total. The number of aromatic nitrogens is 1. The summed E-state index contributed by atoms with van der Waals surface area (Å²) in [7, 11) is 0. The summed E-state index contributed by atoms with van der Waals surface area (Å²) in [6.45, 7) is 0. The SMILES string of the molecule is Br.Fc1ccc(C2CC(c3cccs3)=NN2c2nc(-c3ccc(Br)s3)cs2)cc1. The lowest BCUT2D eigenvalue weighted by atomic mass is 10.0. The first kappa shape index (κ1) is 20.9. The molecule has 1 atom stereocenters. The first-order valence-electron chi connectivity index (χ1n) is 8.55. The molecule has 1 unspecified atom stereocenters. The molecular weight excluding hydrogens is 557 g/mol. The number of nitrogens with zero attached hydrogens (tertiary/aromatic N) is 3. The molecule has 0 radical (unpaired) electrons. The van der Waals surface area contributed by atoms with Gasteiger partial charge in [0.1, 0.15) is 5.82 Å². The van der Waals surface area contributed by atoms with Gasteiger partial charge in [-0.25, -0.2) is 14.4 Å². The van der Waals surface area contributed by atoms with E-state index in [1.807, 2.05) is 29.3 Å². The minimum Gasteiger partial charge on any atom is -0.231 e. The third kappa shape index (κ3) is 4.25. The number of hydrogen-bond acceptors (Lipinski definition) is 6. The zero-order chi connectivity index (χ0) is 19.1. The molecule has 3 aromatic heterocycles. The molecule has 29 heavy (non-hydrogen) atoms. The van der Waals surface area contributed by atoms with Crippen LogP contribution in [0.1, 0.15) is 22.9 Å². The van der Waals surface area contributed by atoms with E-state index in [-0.39, 0.29) is 28.8 Å². The van der Waals surface area contributed by atoms with E-state index < -0.39 is 0 Å². The van der Waals surface area contributed by atoms with Crippen LogP contribution in [0, 0.1) is 5.82 Å². The van der Waals surface area contributed by atoms with Crippen molar-refractivity contribution in [2.45, 2.75) is 12.5 Å². The van der Waals surface area contributed by atoms with Crippen LogP contribution in [0.5, 0.6) is 0 Å².